The van der Waals surface area contributed by atoms with E-state index < -0.39 is 36.2 Å². The minimum absolute atomic E-state index is 0.313. The van der Waals surface area contributed by atoms with Crippen LogP contribution >= 0.6 is 0 Å². The third-order valence-electron chi connectivity index (χ3n) is 2.90. The molecule has 1 rings (SSSR count). The van der Waals surface area contributed by atoms with E-state index in [0.29, 0.717) is 0 Å². The normalized spacial score (nSPS) is 19.9. The molecule has 0 aliphatic carbocycles. The van der Waals surface area contributed by atoms with Crippen LogP contribution in [0.25, 0.3) is 0 Å². The summed E-state index contributed by atoms with van der Waals surface area (Å²) in [5.74, 6) is -1.29. The molecule has 0 unspecified atom stereocenters. The second-order valence-corrected chi connectivity index (χ2v) is 5.11. The van der Waals surface area contributed by atoms with Crippen LogP contribution in [0.15, 0.2) is 0 Å². The van der Waals surface area contributed by atoms with Crippen molar-refractivity contribution in [1.82, 2.24) is 16.0 Å². The van der Waals surface area contributed by atoms with E-state index in [1.807, 2.05) is 0 Å². The van der Waals surface area contributed by atoms with Crippen molar-refractivity contribution in [3.05, 3.63) is 0 Å². The number of nitrogens with two attached hydrogens (primary N) is 1. The first-order chi connectivity index (χ1) is 9.72. The Hall–Kier alpha value is -1.71. The van der Waals surface area contributed by atoms with E-state index in [1.165, 1.54) is 20.8 Å². The van der Waals surface area contributed by atoms with Crippen molar-refractivity contribution in [3.8, 4) is 0 Å². The lowest BCUT2D eigenvalue weighted by Crippen LogP contribution is -2.54. The highest BCUT2D eigenvalue weighted by Gasteiger charge is 2.34. The van der Waals surface area contributed by atoms with E-state index >= 15 is 0 Å². The van der Waals surface area contributed by atoms with Crippen molar-refractivity contribution in [2.45, 2.75) is 58.2 Å². The summed E-state index contributed by atoms with van der Waals surface area (Å²) in [6, 6.07) is -2.56. The van der Waals surface area contributed by atoms with Gasteiger partial charge in [-0.05, 0) is 27.7 Å². The lowest BCUT2D eigenvalue weighted by atomic mass is 10.2. The largest absolute Gasteiger partial charge is 0.347 e. The maximum absolute atomic E-state index is 11.9. The average Bonchev–Trinajstić information content (AvgIpc) is 3.22. The summed E-state index contributed by atoms with van der Waals surface area (Å²) >= 11 is 0. The van der Waals surface area contributed by atoms with Crippen molar-refractivity contribution >= 4 is 17.7 Å². The molecule has 0 bridgehead atoms. The molecule has 4 atom stereocenters. The van der Waals surface area contributed by atoms with Gasteiger partial charge in [-0.1, -0.05) is 0 Å². The zero-order valence-electron chi connectivity index (χ0n) is 12.5. The average molecular weight is 302 g/mol. The summed E-state index contributed by atoms with van der Waals surface area (Å²) in [6.45, 7) is 6.28. The summed E-state index contributed by atoms with van der Waals surface area (Å²) in [7, 11) is 0. The van der Waals surface area contributed by atoms with Gasteiger partial charge in [0.2, 0.25) is 24.0 Å². The van der Waals surface area contributed by atoms with E-state index in [-0.39, 0.29) is 11.9 Å². The van der Waals surface area contributed by atoms with Gasteiger partial charge in [-0.2, -0.15) is 9.78 Å². The number of carbonyl (C=O) groups excluding carboxylic acids is 3. The van der Waals surface area contributed by atoms with Gasteiger partial charge in [-0.3, -0.25) is 14.4 Å². The molecule has 0 saturated carbocycles. The molecule has 21 heavy (non-hydrogen) atoms. The van der Waals surface area contributed by atoms with Crippen LogP contribution in [0.2, 0.25) is 0 Å². The van der Waals surface area contributed by atoms with Crippen LogP contribution in [0.3, 0.4) is 0 Å². The first-order valence-electron chi connectivity index (χ1n) is 6.71. The topological polar surface area (TPSA) is 138 Å². The third-order valence-corrected chi connectivity index (χ3v) is 2.90. The second-order valence-electron chi connectivity index (χ2n) is 5.11. The van der Waals surface area contributed by atoms with Gasteiger partial charge in [0.15, 0.2) is 0 Å². The van der Waals surface area contributed by atoms with E-state index in [2.05, 4.69) is 25.7 Å². The van der Waals surface area contributed by atoms with E-state index in [9.17, 15) is 14.4 Å². The summed E-state index contributed by atoms with van der Waals surface area (Å²) in [4.78, 5) is 44.2. The summed E-state index contributed by atoms with van der Waals surface area (Å²) in [5.41, 5.74) is 5.39. The van der Waals surface area contributed by atoms with Crippen molar-refractivity contribution in [2.24, 2.45) is 5.73 Å². The van der Waals surface area contributed by atoms with Crippen molar-refractivity contribution < 1.29 is 24.2 Å². The molecule has 0 aromatic carbocycles. The highest BCUT2D eigenvalue weighted by Crippen LogP contribution is 2.15. The van der Waals surface area contributed by atoms with Crippen LogP contribution in [0.1, 0.15) is 27.7 Å². The fourth-order valence-electron chi connectivity index (χ4n) is 1.43. The molecule has 0 radical (unpaired) electrons. The number of nitrogens with one attached hydrogen (secondary N) is 3. The smallest absolute Gasteiger partial charge is 0.244 e. The number of hydrogen-bond acceptors (Lipinski definition) is 6. The lowest BCUT2D eigenvalue weighted by molar-refractivity contribution is -0.131. The quantitative estimate of drug-likeness (QED) is 0.321. The number of amides is 3. The van der Waals surface area contributed by atoms with Gasteiger partial charge in [0.25, 0.3) is 0 Å². The zero-order chi connectivity index (χ0) is 16.2. The third kappa shape index (κ3) is 5.66. The van der Waals surface area contributed by atoms with Gasteiger partial charge in [0, 0.05) is 0 Å². The first-order valence-corrected chi connectivity index (χ1v) is 6.71. The monoisotopic (exact) mass is 302 g/mol. The van der Waals surface area contributed by atoms with Crippen LogP contribution in [0, 0.1) is 0 Å². The van der Waals surface area contributed by atoms with E-state index in [4.69, 9.17) is 5.73 Å². The Balaban J connectivity index is 2.37. The minimum atomic E-state index is -0.786. The number of hydrogen-bond donors (Lipinski definition) is 4. The molecular weight excluding hydrogens is 280 g/mol. The van der Waals surface area contributed by atoms with E-state index in [0.717, 1.165) is 0 Å². The van der Waals surface area contributed by atoms with Gasteiger partial charge in [-0.15, -0.1) is 0 Å². The van der Waals surface area contributed by atoms with Crippen LogP contribution in [-0.2, 0) is 24.2 Å². The Morgan fingerprint density at radius 2 is 1.29 bits per heavy atom. The Labute approximate surface area is 122 Å². The molecule has 120 valence electrons. The summed E-state index contributed by atoms with van der Waals surface area (Å²) in [5, 5.41) is 7.58. The van der Waals surface area contributed by atoms with Crippen molar-refractivity contribution in [3.63, 3.8) is 0 Å². The number of carbonyl (C=O) groups is 3. The molecular formula is C12H22N4O5. The standard InChI is InChI=1S/C12H22N4O5/c1-5(13)9(17)14-6(2)10(18)15-7(3)11(19)16-8(4)12-20-21-12/h5-8,12H,13H2,1-4H3,(H,14,17)(H,15,18)(H,16,19)/t5-,6-,7-,8-/m0/s1. The Morgan fingerprint density at radius 1 is 0.857 bits per heavy atom. The van der Waals surface area contributed by atoms with Crippen molar-refractivity contribution in [1.29, 1.82) is 0 Å². The predicted molar refractivity (Wildman–Crippen MR) is 72.4 cm³/mol. The molecule has 0 aromatic rings. The molecule has 9 nitrogen and oxygen atoms in total. The second kappa shape index (κ2) is 7.34. The van der Waals surface area contributed by atoms with Crippen molar-refractivity contribution in [2.75, 3.05) is 0 Å². The maximum Gasteiger partial charge on any atom is 0.244 e. The molecule has 1 saturated heterocycles. The molecule has 1 aliphatic heterocycles. The lowest BCUT2D eigenvalue weighted by Gasteiger charge is -2.20. The van der Waals surface area contributed by atoms with Gasteiger partial charge in [0.05, 0.1) is 12.1 Å². The highest BCUT2D eigenvalue weighted by molar-refractivity contribution is 5.92. The minimum Gasteiger partial charge on any atom is -0.347 e. The molecule has 5 N–H and O–H groups in total. The van der Waals surface area contributed by atoms with Gasteiger partial charge < -0.3 is 21.7 Å². The number of rotatable bonds is 7. The maximum atomic E-state index is 11.9. The highest BCUT2D eigenvalue weighted by atomic mass is 17.4. The molecule has 1 heterocycles. The Morgan fingerprint density at radius 3 is 1.71 bits per heavy atom. The molecule has 1 fully saturated rings. The Bertz CT molecular complexity index is 410. The van der Waals surface area contributed by atoms with Crippen LogP contribution in [-0.4, -0.2) is 48.2 Å². The SMILES string of the molecule is C[C@H](N)C(=O)N[C@@H](C)C(=O)N[C@@H](C)C(=O)N[C@@H](C)C1OO1. The predicted octanol–water partition coefficient (Wildman–Crippen LogP) is -1.86. The zero-order valence-corrected chi connectivity index (χ0v) is 12.5. The van der Waals surface area contributed by atoms with Crippen LogP contribution in [0.5, 0.6) is 0 Å². The fourth-order valence-corrected chi connectivity index (χ4v) is 1.43. The molecule has 9 heteroatoms. The van der Waals surface area contributed by atoms with E-state index in [1.54, 1.807) is 6.92 Å². The first kappa shape index (κ1) is 17.3. The molecule has 3 amide bonds. The van der Waals surface area contributed by atoms with Gasteiger partial charge in [0.1, 0.15) is 12.1 Å². The molecule has 0 spiro atoms. The Kier molecular flexibility index (Phi) is 6.06. The van der Waals surface area contributed by atoms with Gasteiger partial charge >= 0.3 is 0 Å². The molecule has 1 aliphatic rings. The van der Waals surface area contributed by atoms with Gasteiger partial charge in [-0.25, -0.2) is 0 Å². The summed E-state index contributed by atoms with van der Waals surface area (Å²) in [6.07, 6.45) is -0.443. The van der Waals surface area contributed by atoms with Crippen LogP contribution < -0.4 is 21.7 Å². The van der Waals surface area contributed by atoms with Crippen LogP contribution in [0.4, 0.5) is 0 Å². The fraction of sp³-hybridized carbons (Fsp3) is 0.750. The molecule has 0 aromatic heterocycles. The summed E-state index contributed by atoms with van der Waals surface area (Å²) < 4.78 is 0.